The number of halogens is 1. The number of rotatable bonds is 7. The molecule has 0 spiro atoms. The molecule has 1 aromatic carbocycles. The van der Waals surface area contributed by atoms with Gasteiger partial charge in [0.15, 0.2) is 0 Å². The molecule has 1 aliphatic carbocycles. The fourth-order valence-corrected chi connectivity index (χ4v) is 3.56. The predicted octanol–water partition coefficient (Wildman–Crippen LogP) is 4.52. The summed E-state index contributed by atoms with van der Waals surface area (Å²) in [4.78, 5) is 0. The normalized spacial score (nSPS) is 25.8. The van der Waals surface area contributed by atoms with Crippen LogP contribution in [-0.2, 0) is 5.41 Å². The molecule has 0 aromatic heterocycles. The number of hydrogen-bond donors (Lipinski definition) is 1. The summed E-state index contributed by atoms with van der Waals surface area (Å²) in [6.07, 6.45) is 4.97. The minimum absolute atomic E-state index is 0.107. The Labute approximate surface area is 123 Å². The summed E-state index contributed by atoms with van der Waals surface area (Å²) in [5.41, 5.74) is 1.35. The topological polar surface area (TPSA) is 12.0 Å². The highest BCUT2D eigenvalue weighted by Crippen LogP contribution is 2.49. The first kappa shape index (κ1) is 15.5. The van der Waals surface area contributed by atoms with Crippen molar-refractivity contribution in [2.45, 2.75) is 51.9 Å². The van der Waals surface area contributed by atoms with Crippen molar-refractivity contribution in [2.75, 3.05) is 13.1 Å². The fraction of sp³-hybridized carbons (Fsp3) is 0.667. The van der Waals surface area contributed by atoms with E-state index in [1.165, 1.54) is 31.2 Å². The van der Waals surface area contributed by atoms with Gasteiger partial charge in [0.1, 0.15) is 5.82 Å². The molecule has 0 bridgehead atoms. The van der Waals surface area contributed by atoms with Gasteiger partial charge in [0, 0.05) is 12.0 Å². The maximum Gasteiger partial charge on any atom is 0.123 e. The summed E-state index contributed by atoms with van der Waals surface area (Å²) < 4.78 is 13.5. The van der Waals surface area contributed by atoms with E-state index in [0.717, 1.165) is 19.0 Å². The molecule has 1 fully saturated rings. The zero-order valence-corrected chi connectivity index (χ0v) is 13.1. The molecule has 0 saturated heterocycles. The average molecular weight is 277 g/mol. The second-order valence-electron chi connectivity index (χ2n) is 6.88. The Morgan fingerprint density at radius 3 is 2.70 bits per heavy atom. The third-order valence-corrected chi connectivity index (χ3v) is 4.51. The van der Waals surface area contributed by atoms with Crippen LogP contribution >= 0.6 is 0 Å². The lowest BCUT2D eigenvalue weighted by Crippen LogP contribution is -2.49. The van der Waals surface area contributed by atoms with Gasteiger partial charge in [-0.15, -0.1) is 0 Å². The van der Waals surface area contributed by atoms with E-state index in [2.05, 4.69) is 32.2 Å². The summed E-state index contributed by atoms with van der Waals surface area (Å²) in [6, 6.07) is 7.23. The lowest BCUT2D eigenvalue weighted by atomic mass is 9.57. The SMILES string of the molecule is CCCC1CC(CNCC(C)C)(c2cccc(F)c2)C1. The molecule has 0 unspecified atom stereocenters. The highest BCUT2D eigenvalue weighted by molar-refractivity contribution is 5.30. The van der Waals surface area contributed by atoms with Crippen LogP contribution < -0.4 is 5.32 Å². The van der Waals surface area contributed by atoms with Gasteiger partial charge in [-0.05, 0) is 48.9 Å². The van der Waals surface area contributed by atoms with E-state index in [0.29, 0.717) is 5.92 Å². The highest BCUT2D eigenvalue weighted by Gasteiger charge is 2.44. The molecule has 1 aromatic rings. The van der Waals surface area contributed by atoms with Crippen LogP contribution in [0.1, 0.15) is 52.0 Å². The molecule has 112 valence electrons. The Balaban J connectivity index is 2.05. The van der Waals surface area contributed by atoms with E-state index in [1.54, 1.807) is 12.1 Å². The summed E-state index contributed by atoms with van der Waals surface area (Å²) in [6.45, 7) is 8.72. The van der Waals surface area contributed by atoms with E-state index >= 15 is 0 Å². The van der Waals surface area contributed by atoms with Gasteiger partial charge in [-0.3, -0.25) is 0 Å². The van der Waals surface area contributed by atoms with Gasteiger partial charge in [0.2, 0.25) is 0 Å². The van der Waals surface area contributed by atoms with E-state index in [4.69, 9.17) is 0 Å². The summed E-state index contributed by atoms with van der Waals surface area (Å²) in [7, 11) is 0. The van der Waals surface area contributed by atoms with Gasteiger partial charge in [-0.1, -0.05) is 45.7 Å². The van der Waals surface area contributed by atoms with E-state index in [-0.39, 0.29) is 11.2 Å². The maximum absolute atomic E-state index is 13.5. The van der Waals surface area contributed by atoms with Crippen LogP contribution in [0.15, 0.2) is 24.3 Å². The Hall–Kier alpha value is -0.890. The van der Waals surface area contributed by atoms with Gasteiger partial charge >= 0.3 is 0 Å². The van der Waals surface area contributed by atoms with E-state index in [1.807, 2.05) is 6.07 Å². The minimum Gasteiger partial charge on any atom is -0.316 e. The third-order valence-electron chi connectivity index (χ3n) is 4.51. The van der Waals surface area contributed by atoms with Crippen LogP contribution in [-0.4, -0.2) is 13.1 Å². The first-order valence-corrected chi connectivity index (χ1v) is 8.02. The molecule has 0 atom stereocenters. The lowest BCUT2D eigenvalue weighted by Gasteiger charge is -2.49. The van der Waals surface area contributed by atoms with Crippen LogP contribution in [0.5, 0.6) is 0 Å². The molecule has 1 N–H and O–H groups in total. The summed E-state index contributed by atoms with van der Waals surface area (Å²) >= 11 is 0. The van der Waals surface area contributed by atoms with Gasteiger partial charge in [0.25, 0.3) is 0 Å². The molecular weight excluding hydrogens is 249 g/mol. The standard InChI is InChI=1S/C18H28FN/c1-4-6-15-10-18(11-15,13-20-12-14(2)3)16-7-5-8-17(19)9-16/h5,7-9,14-15,20H,4,6,10-13H2,1-3H3. The van der Waals surface area contributed by atoms with Crippen molar-refractivity contribution in [1.29, 1.82) is 0 Å². The Kier molecular flexibility index (Phi) is 5.20. The van der Waals surface area contributed by atoms with Crippen molar-refractivity contribution < 1.29 is 4.39 Å². The van der Waals surface area contributed by atoms with Crippen molar-refractivity contribution in [3.63, 3.8) is 0 Å². The molecule has 0 radical (unpaired) electrons. The first-order valence-electron chi connectivity index (χ1n) is 8.02. The molecule has 0 heterocycles. The smallest absolute Gasteiger partial charge is 0.123 e. The molecule has 1 saturated carbocycles. The zero-order chi connectivity index (χ0) is 14.6. The second-order valence-corrected chi connectivity index (χ2v) is 6.88. The van der Waals surface area contributed by atoms with Gasteiger partial charge in [-0.25, -0.2) is 4.39 Å². The number of nitrogens with one attached hydrogen (secondary N) is 1. The third kappa shape index (κ3) is 3.60. The van der Waals surface area contributed by atoms with Crippen molar-refractivity contribution in [1.82, 2.24) is 5.32 Å². The Morgan fingerprint density at radius 1 is 1.35 bits per heavy atom. The fourth-order valence-electron chi connectivity index (χ4n) is 3.56. The molecule has 1 nitrogen and oxygen atoms in total. The quantitative estimate of drug-likeness (QED) is 0.772. The molecular formula is C18H28FN. The summed E-state index contributed by atoms with van der Waals surface area (Å²) in [5, 5.41) is 3.59. The molecule has 2 heteroatoms. The van der Waals surface area contributed by atoms with Crippen molar-refractivity contribution >= 4 is 0 Å². The molecule has 0 amide bonds. The Morgan fingerprint density at radius 2 is 2.10 bits per heavy atom. The molecule has 20 heavy (non-hydrogen) atoms. The first-order chi connectivity index (χ1) is 9.55. The van der Waals surface area contributed by atoms with Crippen LogP contribution in [0.25, 0.3) is 0 Å². The highest BCUT2D eigenvalue weighted by atomic mass is 19.1. The molecule has 1 aliphatic rings. The Bertz CT molecular complexity index is 421. The lowest BCUT2D eigenvalue weighted by molar-refractivity contribution is 0.127. The van der Waals surface area contributed by atoms with Crippen LogP contribution in [0, 0.1) is 17.7 Å². The monoisotopic (exact) mass is 277 g/mol. The molecule has 2 rings (SSSR count). The van der Waals surface area contributed by atoms with Gasteiger partial charge < -0.3 is 5.32 Å². The maximum atomic E-state index is 13.5. The zero-order valence-electron chi connectivity index (χ0n) is 13.1. The summed E-state index contributed by atoms with van der Waals surface area (Å²) in [5.74, 6) is 1.37. The average Bonchev–Trinajstić information content (AvgIpc) is 2.35. The van der Waals surface area contributed by atoms with Crippen LogP contribution in [0.3, 0.4) is 0 Å². The van der Waals surface area contributed by atoms with Crippen LogP contribution in [0.2, 0.25) is 0 Å². The number of benzene rings is 1. The van der Waals surface area contributed by atoms with E-state index in [9.17, 15) is 4.39 Å². The van der Waals surface area contributed by atoms with Gasteiger partial charge in [0.05, 0.1) is 0 Å². The largest absolute Gasteiger partial charge is 0.316 e. The van der Waals surface area contributed by atoms with Crippen molar-refractivity contribution in [2.24, 2.45) is 11.8 Å². The second kappa shape index (κ2) is 6.71. The van der Waals surface area contributed by atoms with Gasteiger partial charge in [-0.2, -0.15) is 0 Å². The van der Waals surface area contributed by atoms with Crippen LogP contribution in [0.4, 0.5) is 4.39 Å². The number of hydrogen-bond acceptors (Lipinski definition) is 1. The minimum atomic E-state index is -0.107. The molecule has 0 aliphatic heterocycles. The van der Waals surface area contributed by atoms with E-state index < -0.39 is 0 Å². The predicted molar refractivity (Wildman–Crippen MR) is 83.4 cm³/mol. The van der Waals surface area contributed by atoms with Crippen molar-refractivity contribution in [3.8, 4) is 0 Å². The van der Waals surface area contributed by atoms with Crippen molar-refractivity contribution in [3.05, 3.63) is 35.6 Å².